The summed E-state index contributed by atoms with van der Waals surface area (Å²) in [5.74, 6) is -4.71. The second-order valence-corrected chi connectivity index (χ2v) is 14.0. The molecule has 0 aliphatic carbocycles. The van der Waals surface area contributed by atoms with E-state index < -0.39 is 83.4 Å². The Bertz CT molecular complexity index is 1890. The predicted molar refractivity (Wildman–Crippen MR) is 213 cm³/mol. The molecule has 316 valence electrons. The summed E-state index contributed by atoms with van der Waals surface area (Å²) in [6, 6.07) is 22.4. The minimum Gasteiger partial charge on any atom is -0.461 e. The lowest BCUT2D eigenvalue weighted by molar-refractivity contribution is -0.525. The van der Waals surface area contributed by atoms with E-state index in [1.54, 1.807) is 111 Å². The lowest BCUT2D eigenvalue weighted by atomic mass is 10.0. The van der Waals surface area contributed by atoms with Gasteiger partial charge in [-0.15, -0.1) is 0 Å². The Morgan fingerprint density at radius 3 is 1.86 bits per heavy atom. The fraction of sp³-hybridized carbons (Fsp3) is 0.375. The number of hydrogen-bond acceptors (Lipinski definition) is 12. The molecule has 59 heavy (non-hydrogen) atoms. The summed E-state index contributed by atoms with van der Waals surface area (Å²) in [5.41, 5.74) is 8.29. The van der Waals surface area contributed by atoms with Gasteiger partial charge in [0.1, 0.15) is 36.9 Å². The maximum absolute atomic E-state index is 13.9. The highest BCUT2D eigenvalue weighted by Gasteiger charge is 2.31. The van der Waals surface area contributed by atoms with Gasteiger partial charge >= 0.3 is 18.0 Å². The van der Waals surface area contributed by atoms with E-state index in [0.29, 0.717) is 16.7 Å². The van der Waals surface area contributed by atoms with Crippen LogP contribution in [0, 0.1) is 10.1 Å². The first-order valence-corrected chi connectivity index (χ1v) is 18.6. The Hall–Kier alpha value is -7.05. The van der Waals surface area contributed by atoms with Crippen molar-refractivity contribution >= 4 is 41.7 Å². The van der Waals surface area contributed by atoms with E-state index in [1.807, 2.05) is 6.07 Å². The number of hydrogen-bond donors (Lipinski definition) is 6. The van der Waals surface area contributed by atoms with Crippen molar-refractivity contribution in [3.05, 3.63) is 118 Å². The van der Waals surface area contributed by atoms with Gasteiger partial charge in [0, 0.05) is 13.0 Å². The summed E-state index contributed by atoms with van der Waals surface area (Å²) >= 11 is 0. The minimum atomic E-state index is -1.57. The van der Waals surface area contributed by atoms with Crippen molar-refractivity contribution in [1.29, 1.82) is 0 Å². The zero-order valence-electron chi connectivity index (χ0n) is 33.0. The van der Waals surface area contributed by atoms with Crippen LogP contribution >= 0.6 is 0 Å². The number of nitro groups is 1. The molecular formula is C40H50N8O11. The maximum Gasteiger partial charge on any atom is 0.408 e. The molecule has 0 spiro atoms. The monoisotopic (exact) mass is 818 g/mol. The van der Waals surface area contributed by atoms with Gasteiger partial charge in [-0.2, -0.15) is 0 Å². The van der Waals surface area contributed by atoms with Gasteiger partial charge in [-0.1, -0.05) is 96.4 Å². The summed E-state index contributed by atoms with van der Waals surface area (Å²) in [6.45, 7) is 3.90. The number of benzene rings is 3. The molecule has 0 saturated heterocycles. The number of hydrazine groups is 1. The molecule has 0 radical (unpaired) electrons. The zero-order valence-corrected chi connectivity index (χ0v) is 33.0. The van der Waals surface area contributed by atoms with E-state index in [0.717, 1.165) is 0 Å². The largest absolute Gasteiger partial charge is 0.461 e. The number of ether oxygens (including phenoxy) is 3. The molecule has 0 saturated carbocycles. The van der Waals surface area contributed by atoms with Crippen LogP contribution in [0.5, 0.6) is 0 Å². The predicted octanol–water partition coefficient (Wildman–Crippen LogP) is 1.96. The van der Waals surface area contributed by atoms with E-state index in [-0.39, 0.29) is 39.0 Å². The second kappa shape index (κ2) is 23.9. The lowest BCUT2D eigenvalue weighted by Crippen LogP contribution is -2.55. The molecule has 0 heterocycles. The number of nitrogens with two attached hydrogens (primary N) is 1. The van der Waals surface area contributed by atoms with Crippen LogP contribution in [-0.4, -0.2) is 83.6 Å². The molecule has 0 aromatic heterocycles. The van der Waals surface area contributed by atoms with Gasteiger partial charge in [0.25, 0.3) is 5.96 Å². The third-order valence-electron chi connectivity index (χ3n) is 7.94. The topological polar surface area (TPSA) is 272 Å². The number of aliphatic imine (C=N–C) groups is 1. The summed E-state index contributed by atoms with van der Waals surface area (Å²) in [7, 11) is 0. The molecule has 3 rings (SSSR count). The summed E-state index contributed by atoms with van der Waals surface area (Å²) in [5, 5.41) is 19.5. The van der Waals surface area contributed by atoms with E-state index >= 15 is 0 Å². The van der Waals surface area contributed by atoms with Crippen LogP contribution in [0.4, 0.5) is 4.79 Å². The first-order chi connectivity index (χ1) is 28.1. The summed E-state index contributed by atoms with van der Waals surface area (Å²) in [6.07, 6.45) is -1.49. The van der Waals surface area contributed by atoms with Crippen molar-refractivity contribution < 1.29 is 48.0 Å². The minimum absolute atomic E-state index is 0.0194. The Morgan fingerprint density at radius 2 is 1.31 bits per heavy atom. The normalized spacial score (nSPS) is 12.7. The van der Waals surface area contributed by atoms with Gasteiger partial charge in [0.15, 0.2) is 5.03 Å². The van der Waals surface area contributed by atoms with Crippen molar-refractivity contribution in [3.8, 4) is 0 Å². The molecule has 7 N–H and O–H groups in total. The van der Waals surface area contributed by atoms with Crippen LogP contribution in [-0.2, 0) is 57.8 Å². The van der Waals surface area contributed by atoms with Crippen LogP contribution in [0.15, 0.2) is 96.0 Å². The second-order valence-electron chi connectivity index (χ2n) is 14.0. The Kier molecular flexibility index (Phi) is 18.8. The number of guanidine groups is 1. The fourth-order valence-electron chi connectivity index (χ4n) is 5.20. The van der Waals surface area contributed by atoms with Crippen molar-refractivity contribution in [2.45, 2.75) is 83.4 Å². The van der Waals surface area contributed by atoms with Crippen molar-refractivity contribution in [1.82, 2.24) is 26.7 Å². The van der Waals surface area contributed by atoms with Crippen molar-refractivity contribution in [2.75, 3.05) is 13.1 Å². The van der Waals surface area contributed by atoms with Gasteiger partial charge in [0.2, 0.25) is 17.7 Å². The molecule has 19 nitrogen and oxygen atoms in total. The highest BCUT2D eigenvalue weighted by Crippen LogP contribution is 2.11. The molecule has 3 aromatic carbocycles. The van der Waals surface area contributed by atoms with Gasteiger partial charge in [0.05, 0.1) is 13.0 Å². The molecule has 0 fully saturated rings. The molecular weight excluding hydrogens is 768 g/mol. The molecule has 19 heteroatoms. The number of amides is 4. The number of rotatable bonds is 21. The van der Waals surface area contributed by atoms with Crippen molar-refractivity contribution in [3.63, 3.8) is 0 Å². The first kappa shape index (κ1) is 46.3. The van der Waals surface area contributed by atoms with Crippen LogP contribution in [0.2, 0.25) is 0 Å². The van der Waals surface area contributed by atoms with Crippen LogP contribution in [0.3, 0.4) is 0 Å². The number of esters is 2. The van der Waals surface area contributed by atoms with Gasteiger partial charge < -0.3 is 41.2 Å². The Morgan fingerprint density at radius 1 is 0.746 bits per heavy atom. The molecule has 3 aromatic rings. The van der Waals surface area contributed by atoms with E-state index in [2.05, 4.69) is 26.3 Å². The fourth-order valence-corrected chi connectivity index (χ4v) is 5.20. The average molecular weight is 819 g/mol. The standard InChI is InChI=1S/C40H50N8O11/c1-40(2,3)59-39(54)46-30(20-13-21-42-38(41)47-48(55)56)35(51)43-24-33(49)44-31(23-34(50)57-25-28-16-9-5-10-17-28)36(52)45-32(22-27-14-7-4-8-15-27)37(53)58-26-29-18-11-6-12-19-29/h4-12,14-19,30-32H,13,20-26H2,1-3H3,(H,43,51)(H,44,49)(H,45,52)(H,46,54)(H3,41,42,47)/t30-,31-,32-/m0/s1. The number of alkyl carbamates (subject to hydrolysis) is 1. The smallest absolute Gasteiger partial charge is 0.408 e. The van der Waals surface area contributed by atoms with Gasteiger partial charge in [-0.25, -0.2) is 24.7 Å². The molecule has 0 aliphatic rings. The molecule has 4 amide bonds. The number of nitrogens with zero attached hydrogens (tertiary/aromatic N) is 2. The quantitative estimate of drug-likeness (QED) is 0.0171. The lowest BCUT2D eigenvalue weighted by Gasteiger charge is -2.24. The van der Waals surface area contributed by atoms with Crippen molar-refractivity contribution in [2.24, 2.45) is 10.7 Å². The van der Waals surface area contributed by atoms with Crippen LogP contribution < -0.4 is 32.4 Å². The van der Waals surface area contributed by atoms with E-state index in [1.165, 1.54) is 0 Å². The number of carbonyl (C=O) groups is 6. The zero-order chi connectivity index (χ0) is 43.2. The number of carbonyl (C=O) groups excluding carboxylic acids is 6. The molecule has 0 unspecified atom stereocenters. The third kappa shape index (κ3) is 19.1. The Balaban J connectivity index is 1.75. The maximum atomic E-state index is 13.9. The average Bonchev–Trinajstić information content (AvgIpc) is 3.19. The van der Waals surface area contributed by atoms with E-state index in [9.17, 15) is 38.9 Å². The summed E-state index contributed by atoms with van der Waals surface area (Å²) in [4.78, 5) is 93.8. The molecule has 0 aliphatic heterocycles. The third-order valence-corrected chi connectivity index (χ3v) is 7.94. The highest BCUT2D eigenvalue weighted by atomic mass is 16.7. The summed E-state index contributed by atoms with van der Waals surface area (Å²) < 4.78 is 16.2. The highest BCUT2D eigenvalue weighted by molar-refractivity contribution is 5.95. The number of nitrogens with one attached hydrogen (secondary N) is 5. The van der Waals surface area contributed by atoms with Crippen LogP contribution in [0.25, 0.3) is 0 Å². The van der Waals surface area contributed by atoms with Crippen LogP contribution in [0.1, 0.15) is 56.7 Å². The first-order valence-electron chi connectivity index (χ1n) is 18.6. The van der Waals surface area contributed by atoms with Gasteiger partial charge in [-0.05, 0) is 50.3 Å². The van der Waals surface area contributed by atoms with Gasteiger partial charge in [-0.3, -0.25) is 19.2 Å². The van der Waals surface area contributed by atoms with E-state index in [4.69, 9.17) is 19.9 Å². The molecule has 0 bridgehead atoms. The SMILES string of the molecule is CC(C)(C)OC(=O)N[C@@H](CCCN=C(N)N[N+](=O)[O-])C(=O)NCC(=O)N[C@@H](CC(=O)OCc1ccccc1)C(=O)N[C@@H](Cc1ccccc1)C(=O)OCc1ccccc1. The molecule has 3 atom stereocenters. The Labute approximate surface area is 340 Å².